The summed E-state index contributed by atoms with van der Waals surface area (Å²) in [5.41, 5.74) is 0.425. The molecule has 3 rings (SSSR count). The second-order valence-corrected chi connectivity index (χ2v) is 12.6. The minimum Gasteiger partial charge on any atom is -0.464 e. The van der Waals surface area contributed by atoms with Gasteiger partial charge in [0.2, 0.25) is 0 Å². The quantitative estimate of drug-likeness (QED) is 0.599. The van der Waals surface area contributed by atoms with Crippen LogP contribution in [0.3, 0.4) is 0 Å². The molecule has 0 aromatic heterocycles. The Morgan fingerprint density at radius 1 is 1.37 bits per heavy atom. The Morgan fingerprint density at radius 2 is 2.07 bits per heavy atom. The molecule has 0 saturated heterocycles. The summed E-state index contributed by atoms with van der Waals surface area (Å²) in [7, 11) is 0.304. The average molecular weight is 500 g/mol. The van der Waals surface area contributed by atoms with Crippen molar-refractivity contribution >= 4 is 32.9 Å². The van der Waals surface area contributed by atoms with Crippen LogP contribution in [-0.4, -0.2) is 34.7 Å². The third-order valence-electron chi connectivity index (χ3n) is 6.74. The summed E-state index contributed by atoms with van der Waals surface area (Å²) in [6, 6.07) is 6.09. The van der Waals surface area contributed by atoms with E-state index >= 15 is 0 Å². The van der Waals surface area contributed by atoms with Crippen LogP contribution in [0, 0.1) is 11.3 Å². The van der Waals surface area contributed by atoms with Gasteiger partial charge in [0, 0.05) is 17.0 Å². The van der Waals surface area contributed by atoms with Crippen LogP contribution >= 0.6 is 15.9 Å². The molecular formula is C23H34BrNO4S. The number of carbonyl (C=O) groups excluding carboxylic acids is 1. The molecule has 168 valence electrons. The Balaban J connectivity index is 2.22. The van der Waals surface area contributed by atoms with E-state index in [9.17, 15) is 9.00 Å². The van der Waals surface area contributed by atoms with Crippen molar-refractivity contribution in [1.82, 2.24) is 4.72 Å². The van der Waals surface area contributed by atoms with Crippen LogP contribution in [0.2, 0.25) is 0 Å². The first-order chi connectivity index (χ1) is 14.0. The van der Waals surface area contributed by atoms with Gasteiger partial charge in [0.1, 0.15) is 0 Å². The van der Waals surface area contributed by atoms with E-state index < -0.39 is 26.7 Å². The Labute approximate surface area is 191 Å². The van der Waals surface area contributed by atoms with E-state index in [4.69, 9.17) is 9.47 Å². The lowest BCUT2D eigenvalue weighted by Gasteiger charge is -2.50. The highest BCUT2D eigenvalue weighted by molar-refractivity contribution is 9.10. The van der Waals surface area contributed by atoms with Crippen LogP contribution in [-0.2, 0) is 37.2 Å². The van der Waals surface area contributed by atoms with Crippen molar-refractivity contribution in [2.75, 3.05) is 13.7 Å². The normalized spacial score (nSPS) is 32.1. The maximum absolute atomic E-state index is 13.8. The highest BCUT2D eigenvalue weighted by Gasteiger charge is 2.65. The van der Waals surface area contributed by atoms with Crippen LogP contribution in [0.15, 0.2) is 22.7 Å². The van der Waals surface area contributed by atoms with Crippen LogP contribution in [0.25, 0.3) is 0 Å². The number of rotatable bonds is 5. The van der Waals surface area contributed by atoms with Gasteiger partial charge in [-0.25, -0.2) is 13.7 Å². The maximum atomic E-state index is 13.8. The third kappa shape index (κ3) is 3.91. The summed E-state index contributed by atoms with van der Waals surface area (Å²) in [5.74, 6) is -0.0531. The monoisotopic (exact) mass is 499 g/mol. The van der Waals surface area contributed by atoms with Crippen molar-refractivity contribution in [3.05, 3.63) is 33.8 Å². The fourth-order valence-electron chi connectivity index (χ4n) is 5.30. The zero-order valence-electron chi connectivity index (χ0n) is 18.8. The summed E-state index contributed by atoms with van der Waals surface area (Å²) in [5, 5.41) is 0. The SMILES string of the molecule is CCOC(=O)[C@]1(N[S@](=O)C(C)(C)C)c2cc(Br)ccc2C[C@@]12CC[C@H](OC)[C@@H](C)C2. The first-order valence-corrected chi connectivity index (χ1v) is 12.6. The Morgan fingerprint density at radius 3 is 2.63 bits per heavy atom. The number of ether oxygens (including phenoxy) is 2. The molecule has 0 aliphatic heterocycles. The summed E-state index contributed by atoms with van der Waals surface area (Å²) in [4.78, 5) is 13.8. The molecular weight excluding hydrogens is 466 g/mol. The van der Waals surface area contributed by atoms with E-state index in [-0.39, 0.29) is 24.6 Å². The molecule has 1 aromatic carbocycles. The zero-order valence-corrected chi connectivity index (χ0v) is 21.2. The Kier molecular flexibility index (Phi) is 6.88. The Bertz CT molecular complexity index is 839. The minimum atomic E-state index is -1.45. The largest absolute Gasteiger partial charge is 0.464 e. The second-order valence-electron chi connectivity index (χ2n) is 9.71. The molecule has 0 heterocycles. The number of fused-ring (bicyclic) bond motifs is 1. The molecule has 1 aromatic rings. The molecule has 30 heavy (non-hydrogen) atoms. The summed E-state index contributed by atoms with van der Waals surface area (Å²) in [6.45, 7) is 10.0. The van der Waals surface area contributed by atoms with Crippen molar-refractivity contribution in [3.63, 3.8) is 0 Å². The molecule has 0 unspecified atom stereocenters. The number of hydrogen-bond acceptors (Lipinski definition) is 4. The molecule has 5 nitrogen and oxygen atoms in total. The van der Waals surface area contributed by atoms with Gasteiger partial charge < -0.3 is 9.47 Å². The average Bonchev–Trinajstić information content (AvgIpc) is 2.91. The van der Waals surface area contributed by atoms with E-state index in [0.717, 1.165) is 41.3 Å². The maximum Gasteiger partial charge on any atom is 0.332 e. The van der Waals surface area contributed by atoms with Gasteiger partial charge >= 0.3 is 5.97 Å². The second kappa shape index (κ2) is 8.64. The number of benzene rings is 1. The molecule has 2 aliphatic carbocycles. The van der Waals surface area contributed by atoms with Crippen molar-refractivity contribution in [2.24, 2.45) is 11.3 Å². The van der Waals surface area contributed by atoms with Crippen LogP contribution in [0.5, 0.6) is 0 Å². The third-order valence-corrected chi connectivity index (χ3v) is 8.84. The molecule has 1 saturated carbocycles. The molecule has 1 spiro atoms. The predicted octanol–water partition coefficient (Wildman–Crippen LogP) is 4.64. The van der Waals surface area contributed by atoms with Crippen molar-refractivity contribution < 1.29 is 18.5 Å². The lowest BCUT2D eigenvalue weighted by Crippen LogP contribution is -2.63. The molecule has 0 bridgehead atoms. The fourth-order valence-corrected chi connectivity index (χ4v) is 6.66. The van der Waals surface area contributed by atoms with Gasteiger partial charge in [-0.3, -0.25) is 0 Å². The molecule has 0 radical (unpaired) electrons. The molecule has 5 atom stereocenters. The van der Waals surface area contributed by atoms with Crippen LogP contribution in [0.4, 0.5) is 0 Å². The zero-order chi connectivity index (χ0) is 22.3. The van der Waals surface area contributed by atoms with Crippen molar-refractivity contribution in [1.29, 1.82) is 0 Å². The molecule has 0 amide bonds. The van der Waals surface area contributed by atoms with Gasteiger partial charge in [-0.1, -0.05) is 28.9 Å². The van der Waals surface area contributed by atoms with Crippen LogP contribution < -0.4 is 4.72 Å². The van der Waals surface area contributed by atoms with E-state index in [2.05, 4.69) is 33.6 Å². The number of hydrogen-bond donors (Lipinski definition) is 1. The lowest BCUT2D eigenvalue weighted by molar-refractivity contribution is -0.160. The smallest absolute Gasteiger partial charge is 0.332 e. The standard InChI is InChI=1S/C23H34BrNO4S/c1-7-29-20(26)23(25-30(27)21(3,4)5)18-12-17(24)9-8-16(18)14-22(23)11-10-19(28-6)15(2)13-22/h8-9,12,15,19,25H,7,10-11,13-14H2,1-6H3/t15-,19-,22-,23+,30+/m0/s1. The van der Waals surface area contributed by atoms with E-state index in [1.54, 1.807) is 7.11 Å². The summed E-state index contributed by atoms with van der Waals surface area (Å²) >= 11 is 3.58. The number of nitrogens with one attached hydrogen (secondary N) is 1. The summed E-state index contributed by atoms with van der Waals surface area (Å²) in [6.07, 6.45) is 3.38. The van der Waals surface area contributed by atoms with Gasteiger partial charge in [-0.2, -0.15) is 0 Å². The van der Waals surface area contributed by atoms with Gasteiger partial charge in [-0.15, -0.1) is 0 Å². The number of methoxy groups -OCH3 is 1. The van der Waals surface area contributed by atoms with E-state index in [1.807, 2.05) is 39.8 Å². The number of halogens is 1. The Hall–Kier alpha value is -0.760. The predicted molar refractivity (Wildman–Crippen MR) is 123 cm³/mol. The van der Waals surface area contributed by atoms with Gasteiger partial charge in [0.25, 0.3) is 0 Å². The van der Waals surface area contributed by atoms with Gasteiger partial charge in [-0.05, 0) is 82.6 Å². The lowest BCUT2D eigenvalue weighted by atomic mass is 9.59. The number of esters is 1. The highest BCUT2D eigenvalue weighted by Crippen LogP contribution is 2.60. The number of carbonyl (C=O) groups is 1. The van der Waals surface area contributed by atoms with Gasteiger partial charge in [0.15, 0.2) is 5.54 Å². The van der Waals surface area contributed by atoms with Crippen LogP contribution in [0.1, 0.15) is 65.0 Å². The molecule has 1 fully saturated rings. The first-order valence-electron chi connectivity index (χ1n) is 10.7. The molecule has 7 heteroatoms. The highest BCUT2D eigenvalue weighted by atomic mass is 79.9. The molecule has 2 aliphatic rings. The molecule has 1 N–H and O–H groups in total. The van der Waals surface area contributed by atoms with Crippen molar-refractivity contribution in [2.45, 2.75) is 76.7 Å². The fraction of sp³-hybridized carbons (Fsp3) is 0.696. The van der Waals surface area contributed by atoms with E-state index in [1.165, 1.54) is 0 Å². The first kappa shape index (κ1) is 23.9. The van der Waals surface area contributed by atoms with Crippen molar-refractivity contribution in [3.8, 4) is 0 Å². The minimum absolute atomic E-state index is 0.166. The van der Waals surface area contributed by atoms with E-state index in [0.29, 0.717) is 0 Å². The summed E-state index contributed by atoms with van der Waals surface area (Å²) < 4.78 is 28.5. The topological polar surface area (TPSA) is 64.6 Å². The van der Waals surface area contributed by atoms with Gasteiger partial charge in [0.05, 0.1) is 28.4 Å².